The predicted octanol–water partition coefficient (Wildman–Crippen LogP) is 5.78. The standard InChI is InChI=1S/C17H9Cl2F2NO2/c18-9-1-3-11(12(19)7-9)15-5-6-16(24-15)17(23)22-14-4-2-10(20)8-13(14)21/h1-8H,(H,22,23). The Labute approximate surface area is 145 Å². The Hall–Kier alpha value is -2.37. The molecule has 1 heterocycles. The fraction of sp³-hybridized carbons (Fsp3) is 0. The number of halogens is 4. The van der Waals surface area contributed by atoms with Crippen LogP contribution in [0.4, 0.5) is 14.5 Å². The summed E-state index contributed by atoms with van der Waals surface area (Å²) < 4.78 is 31.9. The summed E-state index contributed by atoms with van der Waals surface area (Å²) in [7, 11) is 0. The third-order valence-corrected chi connectivity index (χ3v) is 3.75. The molecule has 0 unspecified atom stereocenters. The van der Waals surface area contributed by atoms with Gasteiger partial charge in [0.05, 0.1) is 10.7 Å². The zero-order valence-electron chi connectivity index (χ0n) is 11.9. The van der Waals surface area contributed by atoms with Gasteiger partial charge in [0.1, 0.15) is 17.4 Å². The van der Waals surface area contributed by atoms with Crippen molar-refractivity contribution in [1.29, 1.82) is 0 Å². The third-order valence-electron chi connectivity index (χ3n) is 3.21. The second-order valence-corrected chi connectivity index (χ2v) is 5.71. The summed E-state index contributed by atoms with van der Waals surface area (Å²) in [6.07, 6.45) is 0. The molecule has 0 bridgehead atoms. The van der Waals surface area contributed by atoms with Gasteiger partial charge >= 0.3 is 0 Å². The zero-order chi connectivity index (χ0) is 17.3. The van der Waals surface area contributed by atoms with Crippen molar-refractivity contribution in [2.24, 2.45) is 0 Å². The summed E-state index contributed by atoms with van der Waals surface area (Å²) in [5.74, 6) is -1.96. The average Bonchev–Trinajstić information content (AvgIpc) is 3.00. The van der Waals surface area contributed by atoms with E-state index in [0.29, 0.717) is 27.4 Å². The Morgan fingerprint density at radius 3 is 2.50 bits per heavy atom. The second kappa shape index (κ2) is 6.63. The number of hydrogen-bond acceptors (Lipinski definition) is 2. The van der Waals surface area contributed by atoms with Crippen LogP contribution in [0.3, 0.4) is 0 Å². The van der Waals surface area contributed by atoms with Gasteiger partial charge in [0, 0.05) is 16.7 Å². The van der Waals surface area contributed by atoms with Crippen molar-refractivity contribution in [1.82, 2.24) is 0 Å². The Kier molecular flexibility index (Phi) is 4.55. The summed E-state index contributed by atoms with van der Waals surface area (Å²) in [6, 6.07) is 10.7. The van der Waals surface area contributed by atoms with Gasteiger partial charge in [0.15, 0.2) is 5.76 Å². The van der Waals surface area contributed by atoms with Crippen LogP contribution in [0.2, 0.25) is 10.0 Å². The van der Waals surface area contributed by atoms with E-state index >= 15 is 0 Å². The molecule has 0 atom stereocenters. The highest BCUT2D eigenvalue weighted by molar-refractivity contribution is 6.36. The Bertz CT molecular complexity index is 925. The van der Waals surface area contributed by atoms with Gasteiger partial charge in [-0.2, -0.15) is 0 Å². The lowest BCUT2D eigenvalue weighted by Gasteiger charge is -2.05. The Balaban J connectivity index is 1.83. The second-order valence-electron chi connectivity index (χ2n) is 4.87. The van der Waals surface area contributed by atoms with Crippen molar-refractivity contribution in [2.45, 2.75) is 0 Å². The van der Waals surface area contributed by atoms with Crippen molar-refractivity contribution in [2.75, 3.05) is 5.32 Å². The van der Waals surface area contributed by atoms with Crippen LogP contribution in [0.25, 0.3) is 11.3 Å². The molecule has 0 spiro atoms. The summed E-state index contributed by atoms with van der Waals surface area (Å²) in [6.45, 7) is 0. The van der Waals surface area contributed by atoms with Crippen LogP contribution in [0.5, 0.6) is 0 Å². The number of carbonyl (C=O) groups is 1. The number of benzene rings is 2. The minimum Gasteiger partial charge on any atom is -0.451 e. The first-order chi connectivity index (χ1) is 11.4. The number of nitrogens with one attached hydrogen (secondary N) is 1. The zero-order valence-corrected chi connectivity index (χ0v) is 13.5. The van der Waals surface area contributed by atoms with E-state index in [1.807, 2.05) is 0 Å². The summed E-state index contributed by atoms with van der Waals surface area (Å²) in [4.78, 5) is 12.1. The molecule has 3 aromatic rings. The average molecular weight is 368 g/mol. The molecule has 24 heavy (non-hydrogen) atoms. The van der Waals surface area contributed by atoms with Gasteiger partial charge < -0.3 is 9.73 Å². The lowest BCUT2D eigenvalue weighted by Crippen LogP contribution is -2.12. The minimum atomic E-state index is -0.879. The number of rotatable bonds is 3. The fourth-order valence-electron chi connectivity index (χ4n) is 2.07. The van der Waals surface area contributed by atoms with E-state index in [9.17, 15) is 13.6 Å². The smallest absolute Gasteiger partial charge is 0.291 e. The first-order valence-corrected chi connectivity index (χ1v) is 7.51. The van der Waals surface area contributed by atoms with Crippen LogP contribution in [0, 0.1) is 11.6 Å². The van der Waals surface area contributed by atoms with E-state index in [0.717, 1.165) is 12.1 Å². The van der Waals surface area contributed by atoms with E-state index in [4.69, 9.17) is 27.6 Å². The molecule has 0 saturated carbocycles. The highest BCUT2D eigenvalue weighted by Gasteiger charge is 2.16. The van der Waals surface area contributed by atoms with E-state index in [1.165, 1.54) is 6.07 Å². The highest BCUT2D eigenvalue weighted by Crippen LogP contribution is 2.31. The molecule has 0 saturated heterocycles. The SMILES string of the molecule is O=C(Nc1ccc(F)cc1F)c1ccc(-c2ccc(Cl)cc2Cl)o1. The van der Waals surface area contributed by atoms with E-state index < -0.39 is 17.5 Å². The van der Waals surface area contributed by atoms with Crippen molar-refractivity contribution in [3.8, 4) is 11.3 Å². The Morgan fingerprint density at radius 2 is 1.79 bits per heavy atom. The summed E-state index contributed by atoms with van der Waals surface area (Å²) in [5.41, 5.74) is 0.414. The molecule has 122 valence electrons. The Morgan fingerprint density at radius 1 is 1.00 bits per heavy atom. The monoisotopic (exact) mass is 367 g/mol. The van der Waals surface area contributed by atoms with Crippen LogP contribution in [-0.4, -0.2) is 5.91 Å². The van der Waals surface area contributed by atoms with Gasteiger partial charge in [-0.3, -0.25) is 4.79 Å². The maximum atomic E-state index is 13.6. The van der Waals surface area contributed by atoms with Gasteiger partial charge in [0.2, 0.25) is 0 Å². The number of carbonyl (C=O) groups excluding carboxylic acids is 1. The predicted molar refractivity (Wildman–Crippen MR) is 88.5 cm³/mol. The van der Waals surface area contributed by atoms with Crippen LogP contribution in [-0.2, 0) is 0 Å². The van der Waals surface area contributed by atoms with Crippen LogP contribution in [0.1, 0.15) is 10.6 Å². The molecule has 0 aliphatic heterocycles. The maximum Gasteiger partial charge on any atom is 0.291 e. The first-order valence-electron chi connectivity index (χ1n) is 6.76. The van der Waals surface area contributed by atoms with Crippen molar-refractivity contribution in [3.05, 3.63) is 76.0 Å². The molecule has 0 radical (unpaired) electrons. The first kappa shape index (κ1) is 16.5. The molecule has 1 amide bonds. The van der Waals surface area contributed by atoms with Crippen molar-refractivity contribution < 1.29 is 18.0 Å². The summed E-state index contributed by atoms with van der Waals surface area (Å²) in [5, 5.41) is 3.15. The van der Waals surface area contributed by atoms with Gasteiger partial charge in [-0.1, -0.05) is 23.2 Å². The van der Waals surface area contributed by atoms with E-state index in [2.05, 4.69) is 5.32 Å². The number of hydrogen-bond donors (Lipinski definition) is 1. The number of amides is 1. The molecular weight excluding hydrogens is 359 g/mol. The summed E-state index contributed by atoms with van der Waals surface area (Å²) >= 11 is 11.9. The molecular formula is C17H9Cl2F2NO2. The highest BCUT2D eigenvalue weighted by atomic mass is 35.5. The van der Waals surface area contributed by atoms with Crippen LogP contribution < -0.4 is 5.32 Å². The number of anilines is 1. The topological polar surface area (TPSA) is 42.2 Å². The minimum absolute atomic E-state index is 0.0419. The quantitative estimate of drug-likeness (QED) is 0.636. The third kappa shape index (κ3) is 3.42. The molecule has 1 N–H and O–H groups in total. The van der Waals surface area contributed by atoms with Gasteiger partial charge in [-0.15, -0.1) is 0 Å². The normalized spacial score (nSPS) is 10.7. The molecule has 7 heteroatoms. The molecule has 0 fully saturated rings. The largest absolute Gasteiger partial charge is 0.451 e. The lowest BCUT2D eigenvalue weighted by molar-refractivity contribution is 0.0997. The van der Waals surface area contributed by atoms with Gasteiger partial charge in [-0.25, -0.2) is 8.78 Å². The number of furan rings is 1. The molecule has 3 nitrogen and oxygen atoms in total. The van der Waals surface area contributed by atoms with Crippen molar-refractivity contribution in [3.63, 3.8) is 0 Å². The molecule has 3 rings (SSSR count). The van der Waals surface area contributed by atoms with Gasteiger partial charge in [-0.05, 0) is 42.5 Å². The van der Waals surface area contributed by atoms with Crippen LogP contribution in [0.15, 0.2) is 52.9 Å². The lowest BCUT2D eigenvalue weighted by atomic mass is 10.2. The molecule has 2 aromatic carbocycles. The van der Waals surface area contributed by atoms with Crippen molar-refractivity contribution >= 4 is 34.8 Å². The van der Waals surface area contributed by atoms with E-state index in [-0.39, 0.29) is 11.4 Å². The molecule has 1 aromatic heterocycles. The van der Waals surface area contributed by atoms with Gasteiger partial charge in [0.25, 0.3) is 5.91 Å². The molecule has 0 aliphatic carbocycles. The van der Waals surface area contributed by atoms with E-state index in [1.54, 1.807) is 24.3 Å². The molecule has 0 aliphatic rings. The fourth-order valence-corrected chi connectivity index (χ4v) is 2.57. The maximum absolute atomic E-state index is 13.6. The van der Waals surface area contributed by atoms with Crippen LogP contribution >= 0.6 is 23.2 Å².